The molecule has 1 rings (SSSR count). The number of hydrogen-bond donors (Lipinski definition) is 1. The molecule has 2 N–H and O–H groups in total. The number of hydrogen-bond acceptors (Lipinski definition) is 1. The van der Waals surface area contributed by atoms with E-state index in [4.69, 9.17) is 28.9 Å². The fourth-order valence-electron chi connectivity index (χ4n) is 1.39. The summed E-state index contributed by atoms with van der Waals surface area (Å²) in [5.41, 5.74) is 8.12. The van der Waals surface area contributed by atoms with Gasteiger partial charge < -0.3 is 5.73 Å². The van der Waals surface area contributed by atoms with E-state index in [9.17, 15) is 0 Å². The third kappa shape index (κ3) is 2.22. The molecule has 0 aliphatic heterocycles. The zero-order valence-corrected chi connectivity index (χ0v) is 10.2. The second-order valence-corrected chi connectivity index (χ2v) is 4.63. The summed E-state index contributed by atoms with van der Waals surface area (Å²) in [5, 5.41) is 1.20. The molecule has 1 atom stereocenters. The monoisotopic (exact) mass is 231 g/mol. The van der Waals surface area contributed by atoms with Gasteiger partial charge in [0.25, 0.3) is 0 Å². The molecule has 0 aromatic heterocycles. The van der Waals surface area contributed by atoms with Gasteiger partial charge in [0, 0.05) is 6.04 Å². The number of rotatable bonds is 2. The van der Waals surface area contributed by atoms with Crippen molar-refractivity contribution in [2.24, 2.45) is 11.7 Å². The normalized spacial score (nSPS) is 13.4. The van der Waals surface area contributed by atoms with Crippen LogP contribution in [-0.4, -0.2) is 0 Å². The van der Waals surface area contributed by atoms with E-state index in [1.54, 1.807) is 6.07 Å². The number of nitrogens with two attached hydrogens (primary N) is 1. The molecule has 3 heteroatoms. The van der Waals surface area contributed by atoms with E-state index in [0.29, 0.717) is 16.0 Å². The number of benzene rings is 1. The Balaban J connectivity index is 3.17. The fourth-order valence-corrected chi connectivity index (χ4v) is 1.76. The molecule has 1 aromatic rings. The summed E-state index contributed by atoms with van der Waals surface area (Å²) in [6, 6.07) is 3.77. The molecule has 1 aromatic carbocycles. The Labute approximate surface area is 95.2 Å². The second kappa shape index (κ2) is 4.52. The Hall–Kier alpha value is -0.240. The van der Waals surface area contributed by atoms with Crippen LogP contribution in [0.2, 0.25) is 10.0 Å². The summed E-state index contributed by atoms with van der Waals surface area (Å²) in [5.74, 6) is 0.394. The van der Waals surface area contributed by atoms with Gasteiger partial charge in [0.2, 0.25) is 0 Å². The van der Waals surface area contributed by atoms with Crippen LogP contribution in [-0.2, 0) is 0 Å². The molecule has 14 heavy (non-hydrogen) atoms. The Morgan fingerprint density at radius 2 is 1.79 bits per heavy atom. The van der Waals surface area contributed by atoms with Crippen molar-refractivity contribution < 1.29 is 0 Å². The van der Waals surface area contributed by atoms with E-state index in [1.807, 2.05) is 13.0 Å². The van der Waals surface area contributed by atoms with Crippen molar-refractivity contribution >= 4 is 23.2 Å². The smallest absolute Gasteiger partial charge is 0.0624 e. The first-order valence-corrected chi connectivity index (χ1v) is 5.40. The van der Waals surface area contributed by atoms with Crippen molar-refractivity contribution in [2.45, 2.75) is 26.8 Å². The minimum atomic E-state index is 0.0183. The van der Waals surface area contributed by atoms with Crippen molar-refractivity contribution in [1.29, 1.82) is 0 Å². The average molecular weight is 232 g/mol. The largest absolute Gasteiger partial charge is 0.324 e. The lowest BCUT2D eigenvalue weighted by Gasteiger charge is -2.19. The standard InChI is InChI=1S/C11H15Cl2N/c1-6(2)11(14)8-4-5-9(12)10(13)7(8)3/h4-6,11H,14H2,1-3H3/t11-/m0/s1. The predicted octanol–water partition coefficient (Wildman–Crippen LogP) is 3.96. The third-order valence-corrected chi connectivity index (χ3v) is 3.36. The van der Waals surface area contributed by atoms with Crippen LogP contribution in [0.15, 0.2) is 12.1 Å². The zero-order valence-electron chi connectivity index (χ0n) is 8.64. The van der Waals surface area contributed by atoms with Crippen LogP contribution < -0.4 is 5.73 Å². The Morgan fingerprint density at radius 3 is 2.29 bits per heavy atom. The molecule has 0 bridgehead atoms. The van der Waals surface area contributed by atoms with Crippen LogP contribution in [0.1, 0.15) is 31.0 Å². The van der Waals surface area contributed by atoms with E-state index in [1.165, 1.54) is 0 Å². The molecule has 0 aliphatic carbocycles. The molecular formula is C11H15Cl2N. The van der Waals surface area contributed by atoms with Crippen molar-refractivity contribution in [3.05, 3.63) is 33.3 Å². The van der Waals surface area contributed by atoms with Crippen LogP contribution in [0.4, 0.5) is 0 Å². The van der Waals surface area contributed by atoms with Gasteiger partial charge in [0.1, 0.15) is 0 Å². The zero-order chi connectivity index (χ0) is 10.9. The summed E-state index contributed by atoms with van der Waals surface area (Å²) in [6.45, 7) is 6.13. The average Bonchev–Trinajstić information content (AvgIpc) is 2.13. The lowest BCUT2D eigenvalue weighted by atomic mass is 9.93. The van der Waals surface area contributed by atoms with Gasteiger partial charge in [0.05, 0.1) is 10.0 Å². The molecule has 78 valence electrons. The molecular weight excluding hydrogens is 217 g/mol. The van der Waals surface area contributed by atoms with Crippen LogP contribution >= 0.6 is 23.2 Å². The van der Waals surface area contributed by atoms with E-state index >= 15 is 0 Å². The summed E-state index contributed by atoms with van der Waals surface area (Å²) in [7, 11) is 0. The van der Waals surface area contributed by atoms with Gasteiger partial charge in [-0.05, 0) is 30.0 Å². The summed E-state index contributed by atoms with van der Waals surface area (Å²) in [6.07, 6.45) is 0. The molecule has 0 saturated heterocycles. The highest BCUT2D eigenvalue weighted by Gasteiger charge is 2.15. The molecule has 0 aliphatic rings. The maximum absolute atomic E-state index is 6.06. The SMILES string of the molecule is Cc1c([C@@H](N)C(C)C)ccc(Cl)c1Cl. The van der Waals surface area contributed by atoms with Gasteiger partial charge >= 0.3 is 0 Å². The quantitative estimate of drug-likeness (QED) is 0.820. The minimum Gasteiger partial charge on any atom is -0.324 e. The first-order chi connectivity index (χ1) is 6.45. The van der Waals surface area contributed by atoms with E-state index in [-0.39, 0.29) is 6.04 Å². The first-order valence-electron chi connectivity index (χ1n) is 4.65. The van der Waals surface area contributed by atoms with Gasteiger partial charge in [-0.1, -0.05) is 43.1 Å². The van der Waals surface area contributed by atoms with Gasteiger partial charge in [-0.3, -0.25) is 0 Å². The number of halogens is 2. The molecule has 0 unspecified atom stereocenters. The van der Waals surface area contributed by atoms with Crippen molar-refractivity contribution in [1.82, 2.24) is 0 Å². The highest BCUT2D eigenvalue weighted by molar-refractivity contribution is 6.42. The van der Waals surface area contributed by atoms with Crippen molar-refractivity contribution in [3.63, 3.8) is 0 Å². The summed E-state index contributed by atoms with van der Waals surface area (Å²) in [4.78, 5) is 0. The summed E-state index contributed by atoms with van der Waals surface area (Å²) < 4.78 is 0. The second-order valence-electron chi connectivity index (χ2n) is 3.85. The Morgan fingerprint density at radius 1 is 1.21 bits per heavy atom. The molecule has 0 amide bonds. The molecule has 0 fully saturated rings. The van der Waals surface area contributed by atoms with Gasteiger partial charge in [0.15, 0.2) is 0 Å². The highest BCUT2D eigenvalue weighted by atomic mass is 35.5. The molecule has 1 nitrogen and oxygen atoms in total. The van der Waals surface area contributed by atoms with Crippen molar-refractivity contribution in [3.8, 4) is 0 Å². The molecule has 0 saturated carbocycles. The lowest BCUT2D eigenvalue weighted by molar-refractivity contribution is 0.512. The molecule has 0 heterocycles. The predicted molar refractivity (Wildman–Crippen MR) is 63.0 cm³/mol. The van der Waals surface area contributed by atoms with E-state index in [2.05, 4.69) is 13.8 Å². The van der Waals surface area contributed by atoms with Crippen LogP contribution in [0, 0.1) is 12.8 Å². The molecule has 0 spiro atoms. The van der Waals surface area contributed by atoms with Crippen LogP contribution in [0.25, 0.3) is 0 Å². The van der Waals surface area contributed by atoms with Gasteiger partial charge in [-0.2, -0.15) is 0 Å². The van der Waals surface area contributed by atoms with E-state index in [0.717, 1.165) is 11.1 Å². The summed E-state index contributed by atoms with van der Waals surface area (Å²) >= 11 is 11.9. The Kier molecular flexibility index (Phi) is 3.82. The fraction of sp³-hybridized carbons (Fsp3) is 0.455. The van der Waals surface area contributed by atoms with E-state index < -0.39 is 0 Å². The lowest BCUT2D eigenvalue weighted by Crippen LogP contribution is -2.17. The van der Waals surface area contributed by atoms with Crippen LogP contribution in [0.3, 0.4) is 0 Å². The highest BCUT2D eigenvalue weighted by Crippen LogP contribution is 2.32. The van der Waals surface area contributed by atoms with Gasteiger partial charge in [-0.15, -0.1) is 0 Å². The van der Waals surface area contributed by atoms with Crippen LogP contribution in [0.5, 0.6) is 0 Å². The van der Waals surface area contributed by atoms with Gasteiger partial charge in [-0.25, -0.2) is 0 Å². The topological polar surface area (TPSA) is 26.0 Å². The third-order valence-electron chi connectivity index (χ3n) is 2.46. The first kappa shape index (κ1) is 11.8. The minimum absolute atomic E-state index is 0.0183. The van der Waals surface area contributed by atoms with Crippen molar-refractivity contribution in [2.75, 3.05) is 0 Å². The Bertz CT molecular complexity index is 334. The maximum Gasteiger partial charge on any atom is 0.0624 e. The molecule has 0 radical (unpaired) electrons. The maximum atomic E-state index is 6.06.